The number of carbonyl (C=O) groups excluding carboxylic acids is 1. The predicted molar refractivity (Wildman–Crippen MR) is 72.4 cm³/mol. The summed E-state index contributed by atoms with van der Waals surface area (Å²) in [6.07, 6.45) is -1.65. The van der Waals surface area contributed by atoms with Crippen LogP contribution in [-0.4, -0.2) is 36.5 Å². The number of benzene rings is 1. The molecule has 7 heteroatoms. The van der Waals surface area contributed by atoms with Gasteiger partial charge in [-0.25, -0.2) is 9.59 Å². The smallest absolute Gasteiger partial charge is 0.347 e. The van der Waals surface area contributed by atoms with Gasteiger partial charge in [0, 0.05) is 12.5 Å². The van der Waals surface area contributed by atoms with Crippen molar-refractivity contribution >= 4 is 16.7 Å². The van der Waals surface area contributed by atoms with Crippen molar-refractivity contribution in [3.63, 3.8) is 0 Å². The van der Waals surface area contributed by atoms with Crippen LogP contribution >= 0.6 is 0 Å². The van der Waals surface area contributed by atoms with E-state index in [-0.39, 0.29) is 23.3 Å². The number of ether oxygens (including phenoxy) is 2. The molecule has 0 radical (unpaired) electrons. The molecule has 1 aromatic heterocycles. The summed E-state index contributed by atoms with van der Waals surface area (Å²) in [4.78, 5) is 23.0. The molecule has 1 heterocycles. The lowest BCUT2D eigenvalue weighted by Gasteiger charge is -2.09. The minimum Gasteiger partial charge on any atom is -0.507 e. The van der Waals surface area contributed by atoms with E-state index in [0.29, 0.717) is 11.1 Å². The first-order valence-corrected chi connectivity index (χ1v) is 6.06. The van der Waals surface area contributed by atoms with E-state index in [1.54, 1.807) is 6.07 Å². The largest absolute Gasteiger partial charge is 0.507 e. The minimum atomic E-state index is -1.44. The molecule has 2 rings (SSSR count). The van der Waals surface area contributed by atoms with Gasteiger partial charge in [-0.2, -0.15) is 0 Å². The fourth-order valence-electron chi connectivity index (χ4n) is 1.96. The van der Waals surface area contributed by atoms with E-state index < -0.39 is 17.7 Å². The Morgan fingerprint density at radius 1 is 1.33 bits per heavy atom. The first-order valence-electron chi connectivity index (χ1n) is 6.06. The van der Waals surface area contributed by atoms with E-state index in [1.165, 1.54) is 19.2 Å². The number of hydrogen-bond acceptors (Lipinski definition) is 7. The van der Waals surface area contributed by atoms with E-state index in [2.05, 4.69) is 4.74 Å². The van der Waals surface area contributed by atoms with Crippen molar-refractivity contribution in [2.45, 2.75) is 12.5 Å². The van der Waals surface area contributed by atoms with Gasteiger partial charge in [-0.3, -0.25) is 0 Å². The van der Waals surface area contributed by atoms with Gasteiger partial charge in [-0.1, -0.05) is 0 Å². The van der Waals surface area contributed by atoms with Gasteiger partial charge in [-0.15, -0.1) is 0 Å². The molecule has 1 aromatic carbocycles. The highest BCUT2D eigenvalue weighted by Gasteiger charge is 2.19. The third-order valence-corrected chi connectivity index (χ3v) is 2.97. The Morgan fingerprint density at radius 3 is 2.67 bits per heavy atom. The van der Waals surface area contributed by atoms with Crippen LogP contribution in [0.4, 0.5) is 0 Å². The van der Waals surface area contributed by atoms with Crippen LogP contribution in [0.3, 0.4) is 0 Å². The second kappa shape index (κ2) is 5.84. The molecule has 112 valence electrons. The second-order valence-electron chi connectivity index (χ2n) is 4.35. The van der Waals surface area contributed by atoms with Crippen molar-refractivity contribution in [3.8, 4) is 11.5 Å². The zero-order valence-electron chi connectivity index (χ0n) is 11.5. The summed E-state index contributed by atoms with van der Waals surface area (Å²) in [5, 5.41) is 19.8. The summed E-state index contributed by atoms with van der Waals surface area (Å²) in [6.45, 7) is 0. The van der Waals surface area contributed by atoms with Crippen LogP contribution < -0.4 is 10.4 Å². The number of carbonyl (C=O) groups is 1. The standard InChI is InChI=1S/C14H14O7/c1-19-8-3-7-4-9(6-11(16)13(17)20-2)21-14(18)12(7)10(15)5-8/h3-5,11,15-16H,6H2,1-2H3. The molecule has 0 aliphatic carbocycles. The maximum Gasteiger partial charge on any atom is 0.347 e. The number of esters is 1. The van der Waals surface area contributed by atoms with E-state index in [9.17, 15) is 19.8 Å². The van der Waals surface area contributed by atoms with Crippen molar-refractivity contribution in [1.29, 1.82) is 0 Å². The summed E-state index contributed by atoms with van der Waals surface area (Å²) < 4.78 is 14.4. The van der Waals surface area contributed by atoms with Crippen LogP contribution in [0.25, 0.3) is 10.8 Å². The molecule has 0 fully saturated rings. The number of aliphatic hydroxyl groups is 1. The first-order chi connectivity index (χ1) is 9.96. The Bertz CT molecular complexity index is 732. The average molecular weight is 294 g/mol. The Balaban J connectivity index is 2.49. The van der Waals surface area contributed by atoms with Crippen molar-refractivity contribution < 1.29 is 28.9 Å². The number of aliphatic hydroxyl groups excluding tert-OH is 1. The molecule has 0 saturated heterocycles. The fraction of sp³-hybridized carbons (Fsp3) is 0.286. The summed E-state index contributed by atoms with van der Waals surface area (Å²) in [7, 11) is 2.57. The van der Waals surface area contributed by atoms with Crippen LogP contribution in [0.2, 0.25) is 0 Å². The van der Waals surface area contributed by atoms with Crippen LogP contribution in [0.5, 0.6) is 11.5 Å². The number of phenolic OH excluding ortho intramolecular Hbond substituents is 1. The van der Waals surface area contributed by atoms with Gasteiger partial charge < -0.3 is 24.1 Å². The Hall–Kier alpha value is -2.54. The number of rotatable bonds is 4. The Labute approximate surface area is 119 Å². The molecule has 0 aliphatic heterocycles. The third kappa shape index (κ3) is 2.97. The average Bonchev–Trinajstić information content (AvgIpc) is 2.45. The second-order valence-corrected chi connectivity index (χ2v) is 4.35. The van der Waals surface area contributed by atoms with Gasteiger partial charge in [0.15, 0.2) is 6.10 Å². The SMILES string of the molecule is COC(=O)C(O)Cc1cc2cc(OC)cc(O)c2c(=O)o1. The van der Waals surface area contributed by atoms with Gasteiger partial charge in [0.25, 0.3) is 0 Å². The predicted octanol–water partition coefficient (Wildman–Crippen LogP) is 0.584. The van der Waals surface area contributed by atoms with Gasteiger partial charge in [0.2, 0.25) is 0 Å². The van der Waals surface area contributed by atoms with E-state index in [1.807, 2.05) is 0 Å². The number of methoxy groups -OCH3 is 2. The molecule has 1 atom stereocenters. The highest BCUT2D eigenvalue weighted by atomic mass is 16.5. The lowest BCUT2D eigenvalue weighted by atomic mass is 10.1. The zero-order valence-corrected chi connectivity index (χ0v) is 11.5. The highest BCUT2D eigenvalue weighted by Crippen LogP contribution is 2.28. The number of fused-ring (bicyclic) bond motifs is 1. The van der Waals surface area contributed by atoms with Crippen molar-refractivity contribution in [2.75, 3.05) is 14.2 Å². The maximum atomic E-state index is 11.9. The summed E-state index contributed by atoms with van der Waals surface area (Å²) >= 11 is 0. The maximum absolute atomic E-state index is 11.9. The minimum absolute atomic E-state index is 0.00658. The summed E-state index contributed by atoms with van der Waals surface area (Å²) in [5.41, 5.74) is -0.764. The Kier molecular flexibility index (Phi) is 4.13. The van der Waals surface area contributed by atoms with E-state index in [0.717, 1.165) is 7.11 Å². The van der Waals surface area contributed by atoms with Crippen LogP contribution in [-0.2, 0) is 16.0 Å². The Morgan fingerprint density at radius 2 is 2.05 bits per heavy atom. The summed E-state index contributed by atoms with van der Waals surface area (Å²) in [5.74, 6) is -0.632. The van der Waals surface area contributed by atoms with Gasteiger partial charge in [0.1, 0.15) is 22.6 Å². The van der Waals surface area contributed by atoms with Crippen molar-refractivity contribution in [3.05, 3.63) is 34.4 Å². The van der Waals surface area contributed by atoms with Crippen molar-refractivity contribution in [1.82, 2.24) is 0 Å². The van der Waals surface area contributed by atoms with Crippen molar-refractivity contribution in [2.24, 2.45) is 0 Å². The first kappa shape index (κ1) is 14.9. The van der Waals surface area contributed by atoms with Gasteiger partial charge in [-0.05, 0) is 17.5 Å². The molecule has 0 saturated carbocycles. The normalized spacial score (nSPS) is 12.1. The van der Waals surface area contributed by atoms with E-state index >= 15 is 0 Å². The fourth-order valence-corrected chi connectivity index (χ4v) is 1.96. The van der Waals surface area contributed by atoms with E-state index in [4.69, 9.17) is 9.15 Å². The summed E-state index contributed by atoms with van der Waals surface area (Å²) in [6, 6.07) is 4.29. The molecule has 0 spiro atoms. The van der Waals surface area contributed by atoms with Crippen LogP contribution in [0.15, 0.2) is 27.4 Å². The third-order valence-electron chi connectivity index (χ3n) is 2.97. The van der Waals surface area contributed by atoms with Gasteiger partial charge in [0.05, 0.1) is 14.2 Å². The molecule has 0 bridgehead atoms. The number of phenols is 1. The topological polar surface area (TPSA) is 106 Å². The molecule has 2 N–H and O–H groups in total. The van der Waals surface area contributed by atoms with Crippen LogP contribution in [0.1, 0.15) is 5.76 Å². The number of hydrogen-bond donors (Lipinski definition) is 2. The quantitative estimate of drug-likeness (QED) is 0.794. The van der Waals surface area contributed by atoms with Gasteiger partial charge >= 0.3 is 11.6 Å². The lowest BCUT2D eigenvalue weighted by molar-refractivity contribution is -0.150. The molecule has 1 unspecified atom stereocenters. The molecule has 2 aromatic rings. The zero-order chi connectivity index (χ0) is 15.6. The highest BCUT2D eigenvalue weighted by molar-refractivity contribution is 5.88. The molecule has 0 aliphatic rings. The number of aromatic hydroxyl groups is 1. The molecule has 7 nitrogen and oxygen atoms in total. The molecular formula is C14H14O7. The molecule has 0 amide bonds. The lowest BCUT2D eigenvalue weighted by Crippen LogP contribution is -2.24. The monoisotopic (exact) mass is 294 g/mol. The molecule has 21 heavy (non-hydrogen) atoms. The van der Waals surface area contributed by atoms with Crippen LogP contribution in [0, 0.1) is 0 Å². The molecular weight excluding hydrogens is 280 g/mol.